The number of anilines is 2. The van der Waals surface area contributed by atoms with E-state index >= 15 is 0 Å². The van der Waals surface area contributed by atoms with Crippen LogP contribution < -0.4 is 15.0 Å². The largest absolute Gasteiger partial charge is 0.504 e. The van der Waals surface area contributed by atoms with E-state index in [4.69, 9.17) is 4.74 Å². The van der Waals surface area contributed by atoms with Crippen molar-refractivity contribution in [1.82, 2.24) is 4.90 Å². The zero-order valence-corrected chi connectivity index (χ0v) is 14.3. The van der Waals surface area contributed by atoms with Crippen LogP contribution in [0, 0.1) is 0 Å². The first-order valence-corrected chi connectivity index (χ1v) is 8.36. The van der Waals surface area contributed by atoms with Gasteiger partial charge in [-0.2, -0.15) is 0 Å². The van der Waals surface area contributed by atoms with Crippen molar-refractivity contribution >= 4 is 17.3 Å². The molecular formula is C19H23N3O3. The number of rotatable bonds is 5. The first-order chi connectivity index (χ1) is 12.1. The minimum Gasteiger partial charge on any atom is -0.504 e. The summed E-state index contributed by atoms with van der Waals surface area (Å²) in [5.41, 5.74) is 1.89. The molecule has 2 N–H and O–H groups in total. The lowest BCUT2D eigenvalue weighted by Gasteiger charge is -2.34. The zero-order valence-electron chi connectivity index (χ0n) is 14.3. The second-order valence-electron chi connectivity index (χ2n) is 6.14. The summed E-state index contributed by atoms with van der Waals surface area (Å²) in [6, 6.07) is 14.4. The van der Waals surface area contributed by atoms with Gasteiger partial charge in [-0.3, -0.25) is 4.79 Å². The molecule has 0 saturated carbocycles. The highest BCUT2D eigenvalue weighted by Gasteiger charge is 2.14. The summed E-state index contributed by atoms with van der Waals surface area (Å²) < 4.78 is 5.32. The van der Waals surface area contributed by atoms with Crippen LogP contribution in [0.2, 0.25) is 0 Å². The maximum absolute atomic E-state index is 12.0. The molecule has 0 spiro atoms. The molecule has 1 aliphatic rings. The van der Waals surface area contributed by atoms with Crippen LogP contribution in [0.5, 0.6) is 11.5 Å². The summed E-state index contributed by atoms with van der Waals surface area (Å²) >= 11 is 0. The SMILES string of the molecule is CN1CCN(c2ccc(NC(=O)COc3ccccc3O)cc2)CC1. The van der Waals surface area contributed by atoms with E-state index in [-0.39, 0.29) is 18.3 Å². The number of amides is 1. The van der Waals surface area contributed by atoms with Gasteiger partial charge in [-0.05, 0) is 43.4 Å². The molecule has 2 aromatic rings. The van der Waals surface area contributed by atoms with E-state index in [9.17, 15) is 9.90 Å². The number of hydrogen-bond donors (Lipinski definition) is 2. The third kappa shape index (κ3) is 4.64. The normalized spacial score (nSPS) is 15.0. The summed E-state index contributed by atoms with van der Waals surface area (Å²) in [4.78, 5) is 16.6. The van der Waals surface area contributed by atoms with Crippen LogP contribution in [0.3, 0.4) is 0 Å². The van der Waals surface area contributed by atoms with E-state index in [0.717, 1.165) is 37.6 Å². The van der Waals surface area contributed by atoms with Gasteiger partial charge in [0.1, 0.15) is 0 Å². The van der Waals surface area contributed by atoms with Gasteiger partial charge in [0.25, 0.3) is 5.91 Å². The van der Waals surface area contributed by atoms with Crippen LogP contribution in [0.4, 0.5) is 11.4 Å². The number of phenolic OH excluding ortho intramolecular Hbond substituents is 1. The van der Waals surface area contributed by atoms with Crippen LogP contribution in [-0.4, -0.2) is 55.7 Å². The Bertz CT molecular complexity index is 710. The Kier molecular flexibility index (Phi) is 5.40. The van der Waals surface area contributed by atoms with Crippen molar-refractivity contribution in [3.8, 4) is 11.5 Å². The average molecular weight is 341 g/mol. The van der Waals surface area contributed by atoms with Crippen LogP contribution in [-0.2, 0) is 4.79 Å². The molecule has 0 aromatic heterocycles. The van der Waals surface area contributed by atoms with Crippen LogP contribution >= 0.6 is 0 Å². The van der Waals surface area contributed by atoms with Crippen molar-refractivity contribution in [3.05, 3.63) is 48.5 Å². The molecule has 0 aliphatic carbocycles. The molecule has 0 bridgehead atoms. The molecule has 0 unspecified atom stereocenters. The number of benzene rings is 2. The smallest absolute Gasteiger partial charge is 0.262 e. The number of carbonyl (C=O) groups is 1. The van der Waals surface area contributed by atoms with Gasteiger partial charge in [-0.25, -0.2) is 0 Å². The Morgan fingerprint density at radius 3 is 2.44 bits per heavy atom. The number of phenols is 1. The summed E-state index contributed by atoms with van der Waals surface area (Å²) in [6.45, 7) is 3.98. The second-order valence-corrected chi connectivity index (χ2v) is 6.14. The number of para-hydroxylation sites is 2. The Balaban J connectivity index is 1.51. The molecule has 2 aromatic carbocycles. The third-order valence-corrected chi connectivity index (χ3v) is 4.24. The Morgan fingerprint density at radius 1 is 1.08 bits per heavy atom. The number of piperazine rings is 1. The lowest BCUT2D eigenvalue weighted by Crippen LogP contribution is -2.44. The van der Waals surface area contributed by atoms with E-state index in [0.29, 0.717) is 5.75 Å². The summed E-state index contributed by atoms with van der Waals surface area (Å²) in [7, 11) is 2.13. The van der Waals surface area contributed by atoms with E-state index in [1.165, 1.54) is 6.07 Å². The average Bonchev–Trinajstić information content (AvgIpc) is 2.62. The fraction of sp³-hybridized carbons (Fsp3) is 0.316. The molecule has 1 saturated heterocycles. The molecule has 1 amide bonds. The van der Waals surface area contributed by atoms with Gasteiger partial charge in [0.15, 0.2) is 18.1 Å². The molecule has 3 rings (SSSR count). The maximum atomic E-state index is 12.0. The highest BCUT2D eigenvalue weighted by Crippen LogP contribution is 2.24. The van der Waals surface area contributed by atoms with Crippen LogP contribution in [0.1, 0.15) is 0 Å². The maximum Gasteiger partial charge on any atom is 0.262 e. The number of aromatic hydroxyl groups is 1. The number of likely N-dealkylation sites (N-methyl/N-ethyl adjacent to an activating group) is 1. The van der Waals surface area contributed by atoms with E-state index < -0.39 is 0 Å². The van der Waals surface area contributed by atoms with E-state index in [1.54, 1.807) is 18.2 Å². The summed E-state index contributed by atoms with van der Waals surface area (Å²) in [5.74, 6) is 0.0468. The van der Waals surface area contributed by atoms with E-state index in [1.807, 2.05) is 24.3 Å². The van der Waals surface area contributed by atoms with Crippen molar-refractivity contribution in [2.45, 2.75) is 0 Å². The van der Waals surface area contributed by atoms with Crippen molar-refractivity contribution in [2.75, 3.05) is 50.1 Å². The second kappa shape index (κ2) is 7.90. The molecule has 25 heavy (non-hydrogen) atoms. The monoisotopic (exact) mass is 341 g/mol. The topological polar surface area (TPSA) is 65.0 Å². The Hall–Kier alpha value is -2.73. The number of carbonyl (C=O) groups excluding carboxylic acids is 1. The highest BCUT2D eigenvalue weighted by atomic mass is 16.5. The quantitative estimate of drug-likeness (QED) is 0.872. The molecule has 132 valence electrons. The van der Waals surface area contributed by atoms with Gasteiger partial charge in [0, 0.05) is 37.6 Å². The first-order valence-electron chi connectivity index (χ1n) is 8.36. The zero-order chi connectivity index (χ0) is 17.6. The molecule has 1 heterocycles. The number of hydrogen-bond acceptors (Lipinski definition) is 5. The van der Waals surface area contributed by atoms with Gasteiger partial charge in [-0.1, -0.05) is 12.1 Å². The summed E-state index contributed by atoms with van der Waals surface area (Å²) in [6.07, 6.45) is 0. The summed E-state index contributed by atoms with van der Waals surface area (Å²) in [5, 5.41) is 12.4. The number of nitrogens with one attached hydrogen (secondary N) is 1. The van der Waals surface area contributed by atoms with Crippen molar-refractivity contribution in [2.24, 2.45) is 0 Å². The number of ether oxygens (including phenoxy) is 1. The van der Waals surface area contributed by atoms with Crippen LogP contribution in [0.15, 0.2) is 48.5 Å². The van der Waals surface area contributed by atoms with E-state index in [2.05, 4.69) is 22.2 Å². The molecular weight excluding hydrogens is 318 g/mol. The standard InChI is InChI=1S/C19H23N3O3/c1-21-10-12-22(13-11-21)16-8-6-15(7-9-16)20-19(24)14-25-18-5-3-2-4-17(18)23/h2-9,23H,10-14H2,1H3,(H,20,24). The third-order valence-electron chi connectivity index (χ3n) is 4.24. The minimum atomic E-state index is -0.268. The fourth-order valence-electron chi connectivity index (χ4n) is 2.74. The van der Waals surface area contributed by atoms with Gasteiger partial charge >= 0.3 is 0 Å². The van der Waals surface area contributed by atoms with Crippen LogP contribution in [0.25, 0.3) is 0 Å². The molecule has 6 heteroatoms. The fourth-order valence-corrected chi connectivity index (χ4v) is 2.74. The van der Waals surface area contributed by atoms with Crippen molar-refractivity contribution < 1.29 is 14.6 Å². The van der Waals surface area contributed by atoms with Gasteiger partial charge in [0.2, 0.25) is 0 Å². The predicted octanol–water partition coefficient (Wildman–Crippen LogP) is 2.16. The highest BCUT2D eigenvalue weighted by molar-refractivity contribution is 5.92. The Morgan fingerprint density at radius 2 is 1.76 bits per heavy atom. The molecule has 0 atom stereocenters. The lowest BCUT2D eigenvalue weighted by atomic mass is 10.2. The molecule has 1 aliphatic heterocycles. The molecule has 1 fully saturated rings. The predicted molar refractivity (Wildman–Crippen MR) is 98.4 cm³/mol. The number of nitrogens with zero attached hydrogens (tertiary/aromatic N) is 2. The molecule has 6 nitrogen and oxygen atoms in total. The van der Waals surface area contributed by atoms with Crippen molar-refractivity contribution in [1.29, 1.82) is 0 Å². The van der Waals surface area contributed by atoms with Gasteiger partial charge in [-0.15, -0.1) is 0 Å². The van der Waals surface area contributed by atoms with Gasteiger partial charge < -0.3 is 25.0 Å². The lowest BCUT2D eigenvalue weighted by molar-refractivity contribution is -0.118. The first kappa shape index (κ1) is 17.1. The minimum absolute atomic E-state index is 0.0202. The Labute approximate surface area is 147 Å². The van der Waals surface area contributed by atoms with Gasteiger partial charge in [0.05, 0.1) is 0 Å². The van der Waals surface area contributed by atoms with Crippen molar-refractivity contribution in [3.63, 3.8) is 0 Å². The molecule has 0 radical (unpaired) electrons.